The molecule has 1 aliphatic carbocycles. The molecular formula is C21H25FN2O4. The Morgan fingerprint density at radius 3 is 2.68 bits per heavy atom. The van der Waals surface area contributed by atoms with Gasteiger partial charge in [-0.25, -0.2) is 9.37 Å². The van der Waals surface area contributed by atoms with Gasteiger partial charge < -0.3 is 14.6 Å². The first-order valence-electron chi connectivity index (χ1n) is 9.73. The Hall–Kier alpha value is -2.25. The first-order valence-corrected chi connectivity index (χ1v) is 9.73. The summed E-state index contributed by atoms with van der Waals surface area (Å²) in [6.07, 6.45) is 2.23. The Bertz CT molecular complexity index is 862. The van der Waals surface area contributed by atoms with E-state index < -0.39 is 17.5 Å². The summed E-state index contributed by atoms with van der Waals surface area (Å²) in [5.41, 5.74) is 0.316. The van der Waals surface area contributed by atoms with Crippen molar-refractivity contribution in [1.82, 2.24) is 9.88 Å². The summed E-state index contributed by atoms with van der Waals surface area (Å²) in [7, 11) is 0. The molecule has 1 aromatic heterocycles. The molecule has 1 saturated carbocycles. The molecule has 1 saturated heterocycles. The van der Waals surface area contributed by atoms with Crippen molar-refractivity contribution in [2.45, 2.75) is 45.3 Å². The molecule has 0 spiro atoms. The number of aliphatic hydroxyl groups excluding tert-OH is 1. The summed E-state index contributed by atoms with van der Waals surface area (Å²) < 4.78 is 18.9. The highest BCUT2D eigenvalue weighted by Crippen LogP contribution is 2.45. The maximum absolute atomic E-state index is 13.1. The molecule has 4 rings (SSSR count). The van der Waals surface area contributed by atoms with Gasteiger partial charge in [-0.15, -0.1) is 0 Å². The van der Waals surface area contributed by atoms with E-state index in [1.165, 1.54) is 12.1 Å². The smallest absolute Gasteiger partial charge is 0.313 e. The molecule has 2 aromatic rings. The lowest BCUT2D eigenvalue weighted by Crippen LogP contribution is -2.56. The average Bonchev–Trinajstić information content (AvgIpc) is 3.40. The number of aromatic nitrogens is 1. The second kappa shape index (κ2) is 7.29. The molecular weight excluding hydrogens is 363 g/mol. The number of hydrogen-bond donors (Lipinski definition) is 2. The Morgan fingerprint density at radius 1 is 1.32 bits per heavy atom. The molecule has 2 fully saturated rings. The Labute approximate surface area is 163 Å². The summed E-state index contributed by atoms with van der Waals surface area (Å²) >= 11 is 0. The number of piperidine rings is 1. The van der Waals surface area contributed by atoms with Gasteiger partial charge >= 0.3 is 5.97 Å². The van der Waals surface area contributed by atoms with Crippen LogP contribution in [0, 0.1) is 24.1 Å². The Kier molecular flexibility index (Phi) is 4.97. The number of carbonyl (C=O) groups is 1. The number of carboxylic acids is 1. The minimum atomic E-state index is -1.11. The number of aliphatic hydroxyl groups is 1. The van der Waals surface area contributed by atoms with Crippen molar-refractivity contribution >= 4 is 5.97 Å². The van der Waals surface area contributed by atoms with Crippen molar-refractivity contribution in [3.63, 3.8) is 0 Å². The van der Waals surface area contributed by atoms with Crippen molar-refractivity contribution in [2.75, 3.05) is 13.1 Å². The van der Waals surface area contributed by atoms with Crippen LogP contribution in [0.4, 0.5) is 4.39 Å². The van der Waals surface area contributed by atoms with Crippen molar-refractivity contribution in [3.8, 4) is 11.5 Å². The minimum absolute atomic E-state index is 0.304. The predicted molar refractivity (Wildman–Crippen MR) is 99.9 cm³/mol. The van der Waals surface area contributed by atoms with Crippen LogP contribution in [0.25, 0.3) is 11.5 Å². The van der Waals surface area contributed by atoms with Crippen molar-refractivity contribution < 1.29 is 23.8 Å². The zero-order valence-corrected chi connectivity index (χ0v) is 15.9. The first kappa shape index (κ1) is 19.1. The van der Waals surface area contributed by atoms with E-state index in [1.807, 2.05) is 11.8 Å². The number of rotatable bonds is 6. The number of aliphatic carboxylic acids is 1. The number of benzene rings is 1. The van der Waals surface area contributed by atoms with Gasteiger partial charge in [-0.05, 0) is 49.9 Å². The van der Waals surface area contributed by atoms with E-state index in [2.05, 4.69) is 4.98 Å². The zero-order valence-electron chi connectivity index (χ0n) is 15.9. The average molecular weight is 388 g/mol. The number of aryl methyl sites for hydroxylation is 1. The van der Waals surface area contributed by atoms with Crippen molar-refractivity contribution in [2.24, 2.45) is 11.3 Å². The highest BCUT2D eigenvalue weighted by molar-refractivity contribution is 5.76. The summed E-state index contributed by atoms with van der Waals surface area (Å²) in [5.74, 6) is 0.255. The number of likely N-dealkylation sites (tertiary alicyclic amines) is 1. The van der Waals surface area contributed by atoms with Crippen molar-refractivity contribution in [1.29, 1.82) is 0 Å². The molecule has 28 heavy (non-hydrogen) atoms. The van der Waals surface area contributed by atoms with Crippen LogP contribution in [0.2, 0.25) is 0 Å². The van der Waals surface area contributed by atoms with Crippen LogP contribution >= 0.6 is 0 Å². The fourth-order valence-electron chi connectivity index (χ4n) is 4.14. The minimum Gasteiger partial charge on any atom is -0.481 e. The molecule has 7 heteroatoms. The molecule has 0 amide bonds. The molecule has 2 aliphatic rings. The molecule has 1 aromatic carbocycles. The van der Waals surface area contributed by atoms with Crippen LogP contribution in [-0.4, -0.2) is 45.3 Å². The van der Waals surface area contributed by atoms with E-state index in [4.69, 9.17) is 4.42 Å². The van der Waals surface area contributed by atoms with Gasteiger partial charge in [-0.2, -0.15) is 0 Å². The molecule has 0 bridgehead atoms. The third-order valence-corrected chi connectivity index (χ3v) is 6.00. The number of hydrogen-bond acceptors (Lipinski definition) is 5. The summed E-state index contributed by atoms with van der Waals surface area (Å²) in [4.78, 5) is 18.7. The van der Waals surface area contributed by atoms with Gasteiger partial charge in [0.1, 0.15) is 17.0 Å². The van der Waals surface area contributed by atoms with E-state index in [9.17, 15) is 19.4 Å². The van der Waals surface area contributed by atoms with Gasteiger partial charge in [-0.3, -0.25) is 9.69 Å². The number of nitrogens with zero attached hydrogens (tertiary/aromatic N) is 2. The van der Waals surface area contributed by atoms with E-state index in [1.54, 1.807) is 12.1 Å². The van der Waals surface area contributed by atoms with Crippen LogP contribution in [0.15, 0.2) is 28.7 Å². The molecule has 0 radical (unpaired) electrons. The van der Waals surface area contributed by atoms with E-state index >= 15 is 0 Å². The topological polar surface area (TPSA) is 86.8 Å². The van der Waals surface area contributed by atoms with Gasteiger partial charge in [0.2, 0.25) is 5.89 Å². The maximum Gasteiger partial charge on any atom is 0.313 e. The van der Waals surface area contributed by atoms with Gasteiger partial charge in [0, 0.05) is 25.2 Å². The lowest BCUT2D eigenvalue weighted by atomic mass is 9.73. The van der Waals surface area contributed by atoms with Gasteiger partial charge in [0.25, 0.3) is 0 Å². The fourth-order valence-corrected chi connectivity index (χ4v) is 4.14. The number of carboxylic acid groups (broad SMARTS) is 1. The Morgan fingerprint density at radius 2 is 2.04 bits per heavy atom. The largest absolute Gasteiger partial charge is 0.481 e. The molecule has 2 N–H and O–H groups in total. The van der Waals surface area contributed by atoms with Gasteiger partial charge in [-0.1, -0.05) is 12.8 Å². The predicted octanol–water partition coefficient (Wildman–Crippen LogP) is 3.23. The molecule has 1 aliphatic heterocycles. The van der Waals surface area contributed by atoms with Crippen LogP contribution in [0.3, 0.4) is 0 Å². The highest BCUT2D eigenvalue weighted by Gasteiger charge is 2.51. The molecule has 6 nitrogen and oxygen atoms in total. The molecule has 150 valence electrons. The third-order valence-electron chi connectivity index (χ3n) is 6.00. The van der Waals surface area contributed by atoms with E-state index in [0.29, 0.717) is 55.6 Å². The zero-order chi connectivity index (χ0) is 19.9. The highest BCUT2D eigenvalue weighted by atomic mass is 19.1. The monoisotopic (exact) mass is 388 g/mol. The van der Waals surface area contributed by atoms with Crippen LogP contribution in [-0.2, 0) is 11.3 Å². The SMILES string of the molecule is Cc1oc(-c2ccc(F)cc2)nc1CN1CC[C@H](O)[C@](CC2CC2)(C(=O)O)C1. The quantitative estimate of drug-likeness (QED) is 0.790. The number of oxazole rings is 1. The summed E-state index contributed by atoms with van der Waals surface area (Å²) in [5, 5.41) is 20.4. The molecule has 0 unspecified atom stereocenters. The normalized spacial score (nSPS) is 25.8. The second-order valence-electron chi connectivity index (χ2n) is 8.15. The lowest BCUT2D eigenvalue weighted by molar-refractivity contribution is -0.165. The first-order chi connectivity index (χ1) is 13.4. The van der Waals surface area contributed by atoms with Gasteiger partial charge in [0.15, 0.2) is 0 Å². The van der Waals surface area contributed by atoms with Gasteiger partial charge in [0.05, 0.1) is 11.8 Å². The molecule has 2 atom stereocenters. The van der Waals surface area contributed by atoms with Crippen LogP contribution < -0.4 is 0 Å². The lowest BCUT2D eigenvalue weighted by Gasteiger charge is -2.43. The van der Waals surface area contributed by atoms with Crippen LogP contribution in [0.5, 0.6) is 0 Å². The van der Waals surface area contributed by atoms with E-state index in [-0.39, 0.29) is 5.82 Å². The summed E-state index contributed by atoms with van der Waals surface area (Å²) in [6.45, 7) is 3.20. The van der Waals surface area contributed by atoms with Crippen molar-refractivity contribution in [3.05, 3.63) is 41.5 Å². The summed E-state index contributed by atoms with van der Waals surface area (Å²) in [6, 6.07) is 5.96. The van der Waals surface area contributed by atoms with E-state index in [0.717, 1.165) is 18.5 Å². The Balaban J connectivity index is 1.52. The van der Waals surface area contributed by atoms with Crippen LogP contribution in [0.1, 0.15) is 37.1 Å². The molecule has 2 heterocycles. The maximum atomic E-state index is 13.1. The second-order valence-corrected chi connectivity index (χ2v) is 8.15. The fraction of sp³-hybridized carbons (Fsp3) is 0.524. The third kappa shape index (κ3) is 3.69. The standard InChI is InChI=1S/C21H25FN2O4/c1-13-17(23-19(28-13)15-4-6-16(22)7-5-15)11-24-9-8-18(25)21(12-24,20(26)27)10-14-2-3-14/h4-7,14,18,25H,2-3,8-12H2,1H3,(H,26,27)/t18-,21+/m0/s1. The number of halogens is 1.